The Morgan fingerprint density at radius 2 is 1.76 bits per heavy atom. The van der Waals surface area contributed by atoms with Crippen molar-refractivity contribution in [3.63, 3.8) is 0 Å². The first kappa shape index (κ1) is 25.4. The molecule has 0 radical (unpaired) electrons. The molecule has 11 heteroatoms. The normalized spacial score (nSPS) is 14.1. The molecule has 0 unspecified atom stereocenters. The molecule has 2 heterocycles. The van der Waals surface area contributed by atoms with Crippen LogP contribution in [0.3, 0.4) is 0 Å². The van der Waals surface area contributed by atoms with Crippen LogP contribution in [0.5, 0.6) is 11.5 Å². The molecule has 10 nitrogen and oxygen atoms in total. The van der Waals surface area contributed by atoms with Gasteiger partial charge in [-0.1, -0.05) is 13.8 Å². The van der Waals surface area contributed by atoms with Crippen molar-refractivity contribution < 1.29 is 37.0 Å². The highest BCUT2D eigenvalue weighted by atomic mass is 32.2. The Hall–Kier alpha value is -3.18. The lowest BCUT2D eigenvalue weighted by Gasteiger charge is -2.22. The molecule has 2 N–H and O–H groups in total. The molecule has 0 saturated carbocycles. The maximum absolute atomic E-state index is 12.9. The van der Waals surface area contributed by atoms with Gasteiger partial charge in [0.05, 0.1) is 10.6 Å². The lowest BCUT2D eigenvalue weighted by molar-refractivity contribution is -0.145. The molecule has 1 atom stereocenters. The van der Waals surface area contributed by atoms with Gasteiger partial charge in [-0.25, -0.2) is 8.42 Å². The highest BCUT2D eigenvalue weighted by molar-refractivity contribution is 7.89. The van der Waals surface area contributed by atoms with Gasteiger partial charge in [-0.3, -0.25) is 14.4 Å². The first-order valence-corrected chi connectivity index (χ1v) is 12.2. The van der Waals surface area contributed by atoms with Gasteiger partial charge in [0.25, 0.3) is 0 Å². The van der Waals surface area contributed by atoms with E-state index >= 15 is 0 Å². The first-order valence-electron chi connectivity index (χ1n) is 10.7. The second-order valence-electron chi connectivity index (χ2n) is 8.36. The van der Waals surface area contributed by atoms with Crippen molar-refractivity contribution in [2.75, 3.05) is 19.8 Å². The molecule has 1 aromatic carbocycles. The van der Waals surface area contributed by atoms with Crippen LogP contribution in [0, 0.1) is 19.8 Å². The summed E-state index contributed by atoms with van der Waals surface area (Å²) in [6.45, 7) is 8.07. The molecule has 1 aromatic heterocycles. The second-order valence-corrected chi connectivity index (χ2v) is 10.1. The summed E-state index contributed by atoms with van der Waals surface area (Å²) in [7, 11) is -4.11. The maximum Gasteiger partial charge on any atom is 0.324 e. The van der Waals surface area contributed by atoms with Gasteiger partial charge in [-0.2, -0.15) is 4.72 Å². The van der Waals surface area contributed by atoms with E-state index in [1.54, 1.807) is 27.7 Å². The molecular formula is C23H28N2O8S. The second kappa shape index (κ2) is 9.98. The number of esters is 1. The van der Waals surface area contributed by atoms with Crippen molar-refractivity contribution in [2.45, 2.75) is 45.6 Å². The Bertz CT molecular complexity index is 1230. The summed E-state index contributed by atoms with van der Waals surface area (Å²) in [6, 6.07) is 2.93. The number of aromatic amines is 1. The number of ether oxygens (including phenoxy) is 3. The smallest absolute Gasteiger partial charge is 0.324 e. The average Bonchev–Trinajstić information content (AvgIpc) is 3.09. The van der Waals surface area contributed by atoms with Crippen molar-refractivity contribution >= 4 is 27.6 Å². The van der Waals surface area contributed by atoms with Crippen LogP contribution in [0.1, 0.15) is 52.9 Å². The molecule has 184 valence electrons. The first-order chi connectivity index (χ1) is 15.9. The lowest BCUT2D eigenvalue weighted by atomic mass is 10.1. The van der Waals surface area contributed by atoms with E-state index < -0.39 is 40.3 Å². The van der Waals surface area contributed by atoms with Crippen molar-refractivity contribution in [1.82, 2.24) is 9.71 Å². The minimum Gasteiger partial charge on any atom is -0.486 e. The number of carbonyl (C=O) groups is 3. The number of nitrogens with one attached hydrogen (secondary N) is 2. The molecule has 0 fully saturated rings. The number of ketones is 2. The van der Waals surface area contributed by atoms with Gasteiger partial charge in [-0.05, 0) is 44.4 Å². The van der Waals surface area contributed by atoms with Crippen LogP contribution < -0.4 is 14.2 Å². The molecule has 1 aliphatic heterocycles. The fourth-order valence-electron chi connectivity index (χ4n) is 3.74. The number of carbonyl (C=O) groups excluding carboxylic acids is 3. The summed E-state index contributed by atoms with van der Waals surface area (Å²) in [5.41, 5.74) is 1.62. The zero-order chi connectivity index (χ0) is 25.2. The number of rotatable bonds is 9. The molecular weight excluding hydrogens is 464 g/mol. The van der Waals surface area contributed by atoms with Gasteiger partial charge < -0.3 is 19.2 Å². The Morgan fingerprint density at radius 3 is 2.35 bits per heavy atom. The van der Waals surface area contributed by atoms with Crippen molar-refractivity contribution in [3.8, 4) is 11.5 Å². The van der Waals surface area contributed by atoms with E-state index in [9.17, 15) is 22.8 Å². The molecule has 0 amide bonds. The Kier molecular flexibility index (Phi) is 7.47. The quantitative estimate of drug-likeness (QED) is 0.401. The molecule has 2 aromatic rings. The van der Waals surface area contributed by atoms with E-state index in [2.05, 4.69) is 9.71 Å². The average molecular weight is 493 g/mol. The Balaban J connectivity index is 1.72. The number of aromatic nitrogens is 1. The van der Waals surface area contributed by atoms with Crippen LogP contribution in [-0.2, 0) is 19.6 Å². The van der Waals surface area contributed by atoms with E-state index in [0.717, 1.165) is 0 Å². The van der Waals surface area contributed by atoms with Gasteiger partial charge in [0, 0.05) is 17.3 Å². The standard InChI is InChI=1S/C23H28N2O8S/c1-12(2)21(25-34(29,30)16-6-7-18-19(10-16)32-9-8-31-18)23(28)33-11-17(27)22-13(3)20(15(5)26)14(4)24-22/h6-7,10,12,21,24-25H,8-9,11H2,1-5H3/t21-/m0/s1. The van der Waals surface area contributed by atoms with Crippen LogP contribution in [0.25, 0.3) is 0 Å². The largest absolute Gasteiger partial charge is 0.486 e. The number of aryl methyl sites for hydroxylation is 1. The van der Waals surface area contributed by atoms with Gasteiger partial charge in [0.15, 0.2) is 23.9 Å². The van der Waals surface area contributed by atoms with Gasteiger partial charge in [-0.15, -0.1) is 0 Å². The summed E-state index contributed by atoms with van der Waals surface area (Å²) in [5.74, 6) is -1.34. The predicted octanol–water partition coefficient (Wildman–Crippen LogP) is 2.33. The van der Waals surface area contributed by atoms with Crippen LogP contribution in [0.2, 0.25) is 0 Å². The van der Waals surface area contributed by atoms with E-state index in [-0.39, 0.29) is 16.4 Å². The summed E-state index contributed by atoms with van der Waals surface area (Å²) in [6.07, 6.45) is 0. The highest BCUT2D eigenvalue weighted by Crippen LogP contribution is 2.32. The number of hydrogen-bond acceptors (Lipinski definition) is 8. The minimum absolute atomic E-state index is 0.0967. The topological polar surface area (TPSA) is 141 Å². The minimum atomic E-state index is -4.11. The molecule has 1 aliphatic rings. The van der Waals surface area contributed by atoms with E-state index in [1.165, 1.54) is 25.1 Å². The summed E-state index contributed by atoms with van der Waals surface area (Å²) in [5, 5.41) is 0. The van der Waals surface area contributed by atoms with Gasteiger partial charge in [0.1, 0.15) is 19.3 Å². The number of hydrogen-bond donors (Lipinski definition) is 2. The fourth-order valence-corrected chi connectivity index (χ4v) is 5.09. The summed E-state index contributed by atoms with van der Waals surface area (Å²) >= 11 is 0. The monoisotopic (exact) mass is 492 g/mol. The van der Waals surface area contributed by atoms with Crippen LogP contribution in [0.15, 0.2) is 23.1 Å². The molecule has 0 saturated heterocycles. The number of H-pyrrole nitrogens is 1. The number of benzene rings is 1. The highest BCUT2D eigenvalue weighted by Gasteiger charge is 2.31. The summed E-state index contributed by atoms with van der Waals surface area (Å²) in [4.78, 5) is 39.9. The SMILES string of the molecule is CC(=O)c1c(C)[nH]c(C(=O)COC(=O)[C@@H](NS(=O)(=O)c2ccc3c(c2)OCCO3)C(C)C)c1C. The lowest BCUT2D eigenvalue weighted by Crippen LogP contribution is -2.45. The van der Waals surface area contributed by atoms with Crippen molar-refractivity contribution in [1.29, 1.82) is 0 Å². The van der Waals surface area contributed by atoms with E-state index in [1.807, 2.05) is 0 Å². The number of sulfonamides is 1. The van der Waals surface area contributed by atoms with Gasteiger partial charge in [0.2, 0.25) is 15.8 Å². The van der Waals surface area contributed by atoms with Crippen molar-refractivity contribution in [2.24, 2.45) is 5.92 Å². The Morgan fingerprint density at radius 1 is 1.12 bits per heavy atom. The number of Topliss-reactive ketones (excluding diaryl/α,β-unsaturated/α-hetero) is 2. The molecule has 0 bridgehead atoms. The van der Waals surface area contributed by atoms with Crippen LogP contribution in [0.4, 0.5) is 0 Å². The van der Waals surface area contributed by atoms with Crippen LogP contribution in [-0.4, -0.2) is 56.8 Å². The fraction of sp³-hybridized carbons (Fsp3) is 0.435. The maximum atomic E-state index is 12.9. The third kappa shape index (κ3) is 5.31. The zero-order valence-corrected chi connectivity index (χ0v) is 20.5. The predicted molar refractivity (Wildman–Crippen MR) is 122 cm³/mol. The molecule has 0 aliphatic carbocycles. The van der Waals surface area contributed by atoms with E-state index in [0.29, 0.717) is 41.5 Å². The molecule has 3 rings (SSSR count). The molecule has 0 spiro atoms. The van der Waals surface area contributed by atoms with E-state index in [4.69, 9.17) is 14.2 Å². The third-order valence-corrected chi connectivity index (χ3v) is 6.88. The number of fused-ring (bicyclic) bond motifs is 1. The Labute approximate surface area is 198 Å². The van der Waals surface area contributed by atoms with Crippen LogP contribution >= 0.6 is 0 Å². The van der Waals surface area contributed by atoms with Crippen molar-refractivity contribution in [3.05, 3.63) is 40.7 Å². The summed E-state index contributed by atoms with van der Waals surface area (Å²) < 4.78 is 44.2. The third-order valence-electron chi connectivity index (χ3n) is 5.44. The zero-order valence-electron chi connectivity index (χ0n) is 19.7. The molecule has 34 heavy (non-hydrogen) atoms. The van der Waals surface area contributed by atoms with Gasteiger partial charge >= 0.3 is 5.97 Å².